The van der Waals surface area contributed by atoms with Gasteiger partial charge in [0.05, 0.1) is 0 Å². The zero-order chi connectivity index (χ0) is 17.5. The molecule has 0 aromatic heterocycles. The van der Waals surface area contributed by atoms with Crippen LogP contribution in [0.3, 0.4) is 0 Å². The summed E-state index contributed by atoms with van der Waals surface area (Å²) in [5, 5.41) is 23.3. The number of phenols is 1. The van der Waals surface area contributed by atoms with Crippen molar-refractivity contribution in [3.63, 3.8) is 0 Å². The van der Waals surface area contributed by atoms with Gasteiger partial charge in [-0.05, 0) is 18.1 Å². The standard InChI is InChI=1S/C20H26N2O3.ClH/c23-13-8-19(22-11-9-21-10-12-22)18-7-6-17(14-20(18)24)25-15-16-4-2-1-3-5-16;/h1-7,14,19,21,23-24H,8-13,15H2;1H/t19-;/m1./s1. The number of hydrogen-bond acceptors (Lipinski definition) is 5. The van der Waals surface area contributed by atoms with Crippen molar-refractivity contribution >= 4 is 12.4 Å². The first kappa shape index (κ1) is 20.5. The van der Waals surface area contributed by atoms with E-state index in [0.717, 1.165) is 37.3 Å². The molecule has 1 saturated heterocycles. The van der Waals surface area contributed by atoms with Crippen molar-refractivity contribution in [3.05, 3.63) is 59.7 Å². The van der Waals surface area contributed by atoms with Crippen LogP contribution in [0, 0.1) is 0 Å². The van der Waals surface area contributed by atoms with Gasteiger partial charge in [-0.3, -0.25) is 4.90 Å². The molecule has 3 N–H and O–H groups in total. The van der Waals surface area contributed by atoms with Crippen molar-refractivity contribution in [2.45, 2.75) is 19.1 Å². The molecule has 0 amide bonds. The molecule has 5 nitrogen and oxygen atoms in total. The van der Waals surface area contributed by atoms with Crippen LogP contribution >= 0.6 is 12.4 Å². The van der Waals surface area contributed by atoms with Gasteiger partial charge in [-0.1, -0.05) is 36.4 Å². The molecule has 0 saturated carbocycles. The summed E-state index contributed by atoms with van der Waals surface area (Å²) in [6.07, 6.45) is 0.609. The van der Waals surface area contributed by atoms with E-state index in [0.29, 0.717) is 18.8 Å². The number of nitrogens with one attached hydrogen (secondary N) is 1. The highest BCUT2D eigenvalue weighted by atomic mass is 35.5. The quantitative estimate of drug-likeness (QED) is 0.691. The number of phenolic OH excluding ortho intramolecular Hbond substituents is 1. The van der Waals surface area contributed by atoms with Gasteiger partial charge in [-0.2, -0.15) is 0 Å². The summed E-state index contributed by atoms with van der Waals surface area (Å²) in [5.41, 5.74) is 1.94. The van der Waals surface area contributed by atoms with E-state index in [-0.39, 0.29) is 30.8 Å². The van der Waals surface area contributed by atoms with Crippen molar-refractivity contribution in [1.29, 1.82) is 0 Å². The van der Waals surface area contributed by atoms with Crippen LogP contribution in [0.5, 0.6) is 11.5 Å². The van der Waals surface area contributed by atoms with Gasteiger partial charge in [-0.25, -0.2) is 0 Å². The number of aliphatic hydroxyl groups is 1. The highest BCUT2D eigenvalue weighted by Gasteiger charge is 2.24. The number of halogens is 1. The maximum atomic E-state index is 10.5. The number of aromatic hydroxyl groups is 1. The topological polar surface area (TPSA) is 65.0 Å². The smallest absolute Gasteiger partial charge is 0.124 e. The Morgan fingerprint density at radius 1 is 1.08 bits per heavy atom. The fourth-order valence-corrected chi connectivity index (χ4v) is 3.29. The van der Waals surface area contributed by atoms with E-state index in [1.807, 2.05) is 42.5 Å². The Bertz CT molecular complexity index is 663. The van der Waals surface area contributed by atoms with Crippen molar-refractivity contribution in [2.75, 3.05) is 32.8 Å². The average Bonchev–Trinajstić information content (AvgIpc) is 2.66. The Balaban J connectivity index is 0.00000243. The first-order chi connectivity index (χ1) is 12.3. The van der Waals surface area contributed by atoms with Gasteiger partial charge in [0.1, 0.15) is 18.1 Å². The average molecular weight is 379 g/mol. The molecule has 3 rings (SSSR count). The third-order valence-corrected chi connectivity index (χ3v) is 4.60. The molecule has 0 radical (unpaired) electrons. The summed E-state index contributed by atoms with van der Waals surface area (Å²) < 4.78 is 5.78. The zero-order valence-corrected chi connectivity index (χ0v) is 15.6. The minimum atomic E-state index is 0. The lowest BCUT2D eigenvalue weighted by Gasteiger charge is -2.35. The van der Waals surface area contributed by atoms with Crippen LogP contribution in [0.4, 0.5) is 0 Å². The van der Waals surface area contributed by atoms with Gasteiger partial charge in [-0.15, -0.1) is 12.4 Å². The molecule has 2 aromatic rings. The minimum Gasteiger partial charge on any atom is -0.507 e. The normalized spacial score (nSPS) is 15.9. The molecular weight excluding hydrogens is 352 g/mol. The van der Waals surface area contributed by atoms with E-state index in [4.69, 9.17) is 4.74 Å². The third kappa shape index (κ3) is 5.35. The molecule has 1 fully saturated rings. The number of hydrogen-bond donors (Lipinski definition) is 3. The van der Waals surface area contributed by atoms with E-state index in [1.54, 1.807) is 6.07 Å². The Labute approximate surface area is 161 Å². The summed E-state index contributed by atoms with van der Waals surface area (Å²) in [7, 11) is 0. The van der Waals surface area contributed by atoms with Crippen LogP contribution in [-0.2, 0) is 6.61 Å². The van der Waals surface area contributed by atoms with Crippen LogP contribution in [-0.4, -0.2) is 47.9 Å². The maximum Gasteiger partial charge on any atom is 0.124 e. The highest BCUT2D eigenvalue weighted by Crippen LogP contribution is 2.34. The van der Waals surface area contributed by atoms with Crippen molar-refractivity contribution < 1.29 is 14.9 Å². The van der Waals surface area contributed by atoms with Gasteiger partial charge in [0.2, 0.25) is 0 Å². The summed E-state index contributed by atoms with van der Waals surface area (Å²) in [6.45, 7) is 4.26. The molecule has 6 heteroatoms. The lowest BCUT2D eigenvalue weighted by atomic mass is 10.00. The van der Waals surface area contributed by atoms with Gasteiger partial charge in [0, 0.05) is 50.5 Å². The molecule has 26 heavy (non-hydrogen) atoms. The number of ether oxygens (including phenoxy) is 1. The van der Waals surface area contributed by atoms with Crippen molar-refractivity contribution in [1.82, 2.24) is 10.2 Å². The SMILES string of the molecule is Cl.OCC[C@H](c1ccc(OCc2ccccc2)cc1O)N1CCNCC1. The lowest BCUT2D eigenvalue weighted by Crippen LogP contribution is -2.45. The first-order valence-corrected chi connectivity index (χ1v) is 8.83. The molecule has 142 valence electrons. The molecule has 2 aromatic carbocycles. The molecule has 0 bridgehead atoms. The minimum absolute atomic E-state index is 0. The Morgan fingerprint density at radius 2 is 1.81 bits per heavy atom. The van der Waals surface area contributed by atoms with E-state index in [2.05, 4.69) is 10.2 Å². The van der Waals surface area contributed by atoms with E-state index in [1.165, 1.54) is 0 Å². The number of benzene rings is 2. The van der Waals surface area contributed by atoms with Crippen molar-refractivity contribution in [3.8, 4) is 11.5 Å². The van der Waals surface area contributed by atoms with Gasteiger partial charge < -0.3 is 20.3 Å². The second-order valence-electron chi connectivity index (χ2n) is 6.31. The zero-order valence-electron chi connectivity index (χ0n) is 14.8. The number of piperazine rings is 1. The summed E-state index contributed by atoms with van der Waals surface area (Å²) in [5.74, 6) is 0.871. The predicted octanol–water partition coefficient (Wildman–Crippen LogP) is 2.72. The fourth-order valence-electron chi connectivity index (χ4n) is 3.29. The Morgan fingerprint density at radius 3 is 2.46 bits per heavy atom. The highest BCUT2D eigenvalue weighted by molar-refractivity contribution is 5.85. The van der Waals surface area contributed by atoms with E-state index < -0.39 is 0 Å². The molecule has 1 heterocycles. The largest absolute Gasteiger partial charge is 0.507 e. The number of nitrogens with zero attached hydrogens (tertiary/aromatic N) is 1. The predicted molar refractivity (Wildman–Crippen MR) is 105 cm³/mol. The lowest BCUT2D eigenvalue weighted by molar-refractivity contribution is 0.139. The van der Waals surface area contributed by atoms with Crippen LogP contribution in [0.25, 0.3) is 0 Å². The number of rotatable bonds is 7. The number of aliphatic hydroxyl groups excluding tert-OH is 1. The van der Waals surface area contributed by atoms with Gasteiger partial charge in [0.25, 0.3) is 0 Å². The van der Waals surface area contributed by atoms with Crippen LogP contribution in [0.2, 0.25) is 0 Å². The maximum absolute atomic E-state index is 10.5. The second kappa shape index (κ2) is 10.4. The molecular formula is C20H27ClN2O3. The Hall–Kier alpha value is -1.79. The van der Waals surface area contributed by atoms with Crippen LogP contribution < -0.4 is 10.1 Å². The van der Waals surface area contributed by atoms with Gasteiger partial charge >= 0.3 is 0 Å². The Kier molecular flexibility index (Phi) is 8.19. The monoisotopic (exact) mass is 378 g/mol. The van der Waals surface area contributed by atoms with Crippen LogP contribution in [0.15, 0.2) is 48.5 Å². The summed E-state index contributed by atoms with van der Waals surface area (Å²) >= 11 is 0. The molecule has 1 atom stereocenters. The summed E-state index contributed by atoms with van der Waals surface area (Å²) in [4.78, 5) is 2.31. The van der Waals surface area contributed by atoms with Gasteiger partial charge in [0.15, 0.2) is 0 Å². The second-order valence-corrected chi connectivity index (χ2v) is 6.31. The van der Waals surface area contributed by atoms with E-state index in [9.17, 15) is 10.2 Å². The molecule has 1 aliphatic heterocycles. The van der Waals surface area contributed by atoms with E-state index >= 15 is 0 Å². The molecule has 1 aliphatic rings. The molecule has 0 unspecified atom stereocenters. The molecule has 0 spiro atoms. The summed E-state index contributed by atoms with van der Waals surface area (Å²) in [6, 6.07) is 15.5. The first-order valence-electron chi connectivity index (χ1n) is 8.83. The molecule has 0 aliphatic carbocycles. The van der Waals surface area contributed by atoms with Crippen molar-refractivity contribution in [2.24, 2.45) is 0 Å². The van der Waals surface area contributed by atoms with Crippen LogP contribution in [0.1, 0.15) is 23.6 Å². The fraction of sp³-hybridized carbons (Fsp3) is 0.400. The third-order valence-electron chi connectivity index (χ3n) is 4.60.